The molecule has 112 valence electrons. The van der Waals surface area contributed by atoms with E-state index in [1.54, 1.807) is 0 Å². The molecule has 1 aliphatic heterocycles. The predicted octanol–water partition coefficient (Wildman–Crippen LogP) is 2.76. The second-order valence-electron chi connectivity index (χ2n) is 6.15. The lowest BCUT2D eigenvalue weighted by Crippen LogP contribution is -2.34. The number of hydrogen-bond donors (Lipinski definition) is 2. The number of aliphatic hydroxyl groups is 1. The van der Waals surface area contributed by atoms with E-state index in [2.05, 4.69) is 43.4 Å². The molecule has 2 rings (SSSR count). The first-order valence-corrected chi connectivity index (χ1v) is 7.71. The summed E-state index contributed by atoms with van der Waals surface area (Å²) in [5.41, 5.74) is 1.30. The fraction of sp³-hybridized carbons (Fsp3) is 0.647. The van der Waals surface area contributed by atoms with E-state index in [1.165, 1.54) is 5.56 Å². The van der Waals surface area contributed by atoms with Crippen molar-refractivity contribution < 1.29 is 9.84 Å². The van der Waals surface area contributed by atoms with Crippen LogP contribution in [0.3, 0.4) is 0 Å². The van der Waals surface area contributed by atoms with Gasteiger partial charge in [0.15, 0.2) is 0 Å². The molecule has 0 aliphatic carbocycles. The van der Waals surface area contributed by atoms with Crippen molar-refractivity contribution in [1.82, 2.24) is 5.32 Å². The van der Waals surface area contributed by atoms with Gasteiger partial charge in [0.2, 0.25) is 0 Å². The minimum absolute atomic E-state index is 0.286. The fourth-order valence-electron chi connectivity index (χ4n) is 2.62. The Hall–Kier alpha value is -0.900. The minimum Gasteiger partial charge on any atom is -0.392 e. The summed E-state index contributed by atoms with van der Waals surface area (Å²) in [4.78, 5) is 0. The molecule has 0 aromatic heterocycles. The van der Waals surface area contributed by atoms with Gasteiger partial charge in [-0.1, -0.05) is 44.2 Å². The van der Waals surface area contributed by atoms with Gasteiger partial charge in [-0.2, -0.15) is 0 Å². The van der Waals surface area contributed by atoms with Gasteiger partial charge in [-0.05, 0) is 30.2 Å². The van der Waals surface area contributed by atoms with Crippen molar-refractivity contribution in [2.24, 2.45) is 11.8 Å². The third-order valence-corrected chi connectivity index (χ3v) is 4.14. The smallest absolute Gasteiger partial charge is 0.0687 e. The Bertz CT molecular complexity index is 374. The lowest BCUT2D eigenvalue weighted by molar-refractivity contribution is 0.118. The van der Waals surface area contributed by atoms with E-state index in [4.69, 9.17) is 4.74 Å². The van der Waals surface area contributed by atoms with E-state index in [-0.39, 0.29) is 12.0 Å². The van der Waals surface area contributed by atoms with E-state index in [1.807, 2.05) is 6.07 Å². The van der Waals surface area contributed by atoms with E-state index in [9.17, 15) is 5.11 Å². The summed E-state index contributed by atoms with van der Waals surface area (Å²) >= 11 is 0. The maximum Gasteiger partial charge on any atom is 0.0687 e. The predicted molar refractivity (Wildman–Crippen MR) is 81.6 cm³/mol. The topological polar surface area (TPSA) is 41.5 Å². The van der Waals surface area contributed by atoms with Crippen molar-refractivity contribution in [3.63, 3.8) is 0 Å². The first-order chi connectivity index (χ1) is 9.66. The molecule has 2 N–H and O–H groups in total. The van der Waals surface area contributed by atoms with Crippen LogP contribution in [0, 0.1) is 11.8 Å². The zero-order valence-electron chi connectivity index (χ0n) is 12.6. The van der Waals surface area contributed by atoms with Crippen LogP contribution in [0.1, 0.15) is 38.3 Å². The average molecular weight is 277 g/mol. The van der Waals surface area contributed by atoms with Crippen LogP contribution in [0.15, 0.2) is 30.3 Å². The van der Waals surface area contributed by atoms with Crippen molar-refractivity contribution in [2.75, 3.05) is 19.8 Å². The van der Waals surface area contributed by atoms with Gasteiger partial charge in [0.25, 0.3) is 0 Å². The van der Waals surface area contributed by atoms with Gasteiger partial charge in [-0.25, -0.2) is 0 Å². The second-order valence-corrected chi connectivity index (χ2v) is 6.15. The molecule has 0 amide bonds. The van der Waals surface area contributed by atoms with E-state index < -0.39 is 0 Å². The minimum atomic E-state index is -0.291. The number of rotatable bonds is 7. The van der Waals surface area contributed by atoms with Crippen LogP contribution < -0.4 is 5.32 Å². The maximum absolute atomic E-state index is 10.00. The number of ether oxygens (including phenoxy) is 1. The lowest BCUT2D eigenvalue weighted by Gasteiger charge is -2.24. The Labute approximate surface area is 122 Å². The Morgan fingerprint density at radius 2 is 2.05 bits per heavy atom. The van der Waals surface area contributed by atoms with Crippen LogP contribution in [-0.4, -0.2) is 31.0 Å². The summed E-state index contributed by atoms with van der Waals surface area (Å²) in [5.74, 6) is 0.914. The number of benzene rings is 1. The number of nitrogens with one attached hydrogen (secondary N) is 1. The Morgan fingerprint density at radius 1 is 1.30 bits per heavy atom. The van der Waals surface area contributed by atoms with Gasteiger partial charge in [-0.15, -0.1) is 0 Å². The van der Waals surface area contributed by atoms with Gasteiger partial charge >= 0.3 is 0 Å². The molecule has 1 aliphatic rings. The van der Waals surface area contributed by atoms with Gasteiger partial charge in [-0.3, -0.25) is 0 Å². The van der Waals surface area contributed by atoms with Crippen LogP contribution in [0.5, 0.6) is 0 Å². The first-order valence-electron chi connectivity index (χ1n) is 7.71. The van der Waals surface area contributed by atoms with Crippen molar-refractivity contribution in [2.45, 2.75) is 38.8 Å². The maximum atomic E-state index is 10.00. The molecule has 1 aromatic carbocycles. The third kappa shape index (κ3) is 4.58. The van der Waals surface area contributed by atoms with E-state index >= 15 is 0 Å². The van der Waals surface area contributed by atoms with Crippen LogP contribution in [0.4, 0.5) is 0 Å². The van der Waals surface area contributed by atoms with E-state index in [0.29, 0.717) is 18.5 Å². The molecule has 3 unspecified atom stereocenters. The second kappa shape index (κ2) is 7.77. The largest absolute Gasteiger partial charge is 0.392 e. The normalized spacial score (nSPS) is 22.1. The molecule has 3 heteroatoms. The van der Waals surface area contributed by atoms with Crippen LogP contribution in [0.2, 0.25) is 0 Å². The fourth-order valence-corrected chi connectivity index (χ4v) is 2.62. The van der Waals surface area contributed by atoms with Gasteiger partial charge < -0.3 is 15.2 Å². The standard InChI is InChI=1S/C17H27NO2/c1-13(2)17(19)11-18-16(10-14-8-9-20-12-14)15-6-4-3-5-7-15/h3-7,13-14,16-19H,8-12H2,1-2H3. The van der Waals surface area contributed by atoms with Crippen LogP contribution in [0.25, 0.3) is 0 Å². The zero-order valence-corrected chi connectivity index (χ0v) is 12.6. The summed E-state index contributed by atoms with van der Waals surface area (Å²) in [5, 5.41) is 13.5. The Balaban J connectivity index is 1.96. The SMILES string of the molecule is CC(C)C(O)CNC(CC1CCOC1)c1ccccc1. The van der Waals surface area contributed by atoms with Gasteiger partial charge in [0.1, 0.15) is 0 Å². The molecule has 0 bridgehead atoms. The van der Waals surface area contributed by atoms with E-state index in [0.717, 1.165) is 26.1 Å². The summed E-state index contributed by atoms with van der Waals surface area (Å²) < 4.78 is 5.48. The molecular weight excluding hydrogens is 250 g/mol. The molecule has 0 saturated carbocycles. The highest BCUT2D eigenvalue weighted by Crippen LogP contribution is 2.26. The molecule has 1 aromatic rings. The highest BCUT2D eigenvalue weighted by Gasteiger charge is 2.22. The molecule has 1 fully saturated rings. The van der Waals surface area contributed by atoms with Gasteiger partial charge in [0, 0.05) is 25.8 Å². The average Bonchev–Trinajstić information content (AvgIpc) is 2.96. The Morgan fingerprint density at radius 3 is 2.65 bits per heavy atom. The molecule has 20 heavy (non-hydrogen) atoms. The lowest BCUT2D eigenvalue weighted by atomic mass is 9.93. The summed E-state index contributed by atoms with van der Waals surface area (Å²) in [7, 11) is 0. The molecule has 1 saturated heterocycles. The summed E-state index contributed by atoms with van der Waals surface area (Å²) in [6.45, 7) is 6.51. The highest BCUT2D eigenvalue weighted by atomic mass is 16.5. The van der Waals surface area contributed by atoms with Crippen molar-refractivity contribution in [3.05, 3.63) is 35.9 Å². The molecular formula is C17H27NO2. The first kappa shape index (κ1) is 15.5. The van der Waals surface area contributed by atoms with Crippen molar-refractivity contribution >= 4 is 0 Å². The van der Waals surface area contributed by atoms with Gasteiger partial charge in [0.05, 0.1) is 6.10 Å². The summed E-state index contributed by atoms with van der Waals surface area (Å²) in [6.07, 6.45) is 1.94. The quantitative estimate of drug-likeness (QED) is 0.805. The number of hydrogen-bond acceptors (Lipinski definition) is 3. The third-order valence-electron chi connectivity index (χ3n) is 4.14. The monoisotopic (exact) mass is 277 g/mol. The molecule has 1 heterocycles. The highest BCUT2D eigenvalue weighted by molar-refractivity contribution is 5.19. The molecule has 3 atom stereocenters. The molecule has 3 nitrogen and oxygen atoms in total. The molecule has 0 radical (unpaired) electrons. The zero-order chi connectivity index (χ0) is 14.4. The van der Waals surface area contributed by atoms with Crippen LogP contribution in [-0.2, 0) is 4.74 Å². The van der Waals surface area contributed by atoms with Crippen molar-refractivity contribution in [1.29, 1.82) is 0 Å². The van der Waals surface area contributed by atoms with Crippen LogP contribution >= 0.6 is 0 Å². The summed E-state index contributed by atoms with van der Waals surface area (Å²) in [6, 6.07) is 10.8. The number of aliphatic hydroxyl groups excluding tert-OH is 1. The van der Waals surface area contributed by atoms with Crippen molar-refractivity contribution in [3.8, 4) is 0 Å². The molecule has 0 spiro atoms. The Kier molecular flexibility index (Phi) is 6.02.